The first-order valence-corrected chi connectivity index (χ1v) is 14.2. The van der Waals surface area contributed by atoms with E-state index in [-0.39, 0.29) is 12.2 Å². The molecule has 1 atom stereocenters. The molecule has 2 aromatic heterocycles. The van der Waals surface area contributed by atoms with Crippen LogP contribution >= 0.6 is 11.3 Å². The highest BCUT2D eigenvalue weighted by molar-refractivity contribution is 7.07. The summed E-state index contributed by atoms with van der Waals surface area (Å²) < 4.78 is 18.3. The second-order valence-corrected chi connectivity index (χ2v) is 10.6. The third kappa shape index (κ3) is 4.67. The molecule has 8 nitrogen and oxygen atoms in total. The van der Waals surface area contributed by atoms with Crippen LogP contribution in [0.25, 0.3) is 28.2 Å². The highest BCUT2D eigenvalue weighted by atomic mass is 32.1. The van der Waals surface area contributed by atoms with Crippen molar-refractivity contribution in [1.29, 1.82) is 0 Å². The number of fused-ring (bicyclic) bond motifs is 2. The van der Waals surface area contributed by atoms with Crippen LogP contribution in [0.4, 0.5) is 0 Å². The molecule has 0 radical (unpaired) electrons. The molecule has 0 N–H and O–H groups in total. The zero-order valence-corrected chi connectivity index (χ0v) is 23.9. The van der Waals surface area contributed by atoms with Gasteiger partial charge in [0, 0.05) is 11.6 Å². The lowest BCUT2D eigenvalue weighted by molar-refractivity contribution is -0.139. The standard InChI is InChI=1S/C33H26N2O6S/c1-4-40-32(38)28-19(2)34-33-35(29(28)24-15-9-11-20-10-5-6-12-22(20)24)30(36)27(42-33)18-21-16-17-26(41-21)23-13-7-8-14-25(23)31(37)39-3/h5-18,29H,4H2,1-3H3. The van der Waals surface area contributed by atoms with E-state index in [1.54, 1.807) is 60.9 Å². The Hall–Kier alpha value is -5.02. The van der Waals surface area contributed by atoms with Crippen LogP contribution in [0.3, 0.4) is 0 Å². The summed E-state index contributed by atoms with van der Waals surface area (Å²) in [6, 6.07) is 23.4. The summed E-state index contributed by atoms with van der Waals surface area (Å²) >= 11 is 1.22. The number of methoxy groups -OCH3 is 1. The van der Waals surface area contributed by atoms with Gasteiger partial charge in [0.1, 0.15) is 11.5 Å². The maximum Gasteiger partial charge on any atom is 0.338 e. The topological polar surface area (TPSA) is 100 Å². The molecule has 1 unspecified atom stereocenters. The number of carbonyl (C=O) groups excluding carboxylic acids is 2. The van der Waals surface area contributed by atoms with Gasteiger partial charge >= 0.3 is 11.9 Å². The Morgan fingerprint density at radius 3 is 2.57 bits per heavy atom. The lowest BCUT2D eigenvalue weighted by Gasteiger charge is -2.25. The first kappa shape index (κ1) is 27.2. The van der Waals surface area contributed by atoms with E-state index in [9.17, 15) is 14.4 Å². The summed E-state index contributed by atoms with van der Waals surface area (Å²) in [6.45, 7) is 3.71. The smallest absolute Gasteiger partial charge is 0.338 e. The van der Waals surface area contributed by atoms with E-state index in [2.05, 4.69) is 4.99 Å². The molecule has 9 heteroatoms. The van der Waals surface area contributed by atoms with E-state index in [1.165, 1.54) is 18.4 Å². The minimum atomic E-state index is -0.729. The Labute approximate surface area is 244 Å². The van der Waals surface area contributed by atoms with E-state index in [0.29, 0.717) is 43.3 Å². The van der Waals surface area contributed by atoms with Gasteiger partial charge in [-0.3, -0.25) is 9.36 Å². The monoisotopic (exact) mass is 578 g/mol. The molecular weight excluding hydrogens is 552 g/mol. The van der Waals surface area contributed by atoms with Gasteiger partial charge in [-0.25, -0.2) is 14.6 Å². The summed E-state index contributed by atoms with van der Waals surface area (Å²) in [6.07, 6.45) is 1.65. The highest BCUT2D eigenvalue weighted by Crippen LogP contribution is 2.35. The van der Waals surface area contributed by atoms with E-state index in [0.717, 1.165) is 16.3 Å². The average molecular weight is 579 g/mol. The molecule has 3 heterocycles. The summed E-state index contributed by atoms with van der Waals surface area (Å²) in [7, 11) is 1.33. The number of nitrogens with zero attached hydrogens (tertiary/aromatic N) is 2. The summed E-state index contributed by atoms with van der Waals surface area (Å²) in [4.78, 5) is 44.7. The highest BCUT2D eigenvalue weighted by Gasteiger charge is 2.34. The SMILES string of the molecule is CCOC(=O)C1=C(C)N=c2sc(=Cc3ccc(-c4ccccc4C(=O)OC)o3)c(=O)n2C1c1cccc2ccccc12. The lowest BCUT2D eigenvalue weighted by atomic mass is 9.91. The van der Waals surface area contributed by atoms with Crippen LogP contribution in [0, 0.1) is 0 Å². The van der Waals surface area contributed by atoms with E-state index in [1.807, 2.05) is 42.5 Å². The number of hydrogen-bond acceptors (Lipinski definition) is 8. The van der Waals surface area contributed by atoms with Gasteiger partial charge in [-0.15, -0.1) is 0 Å². The van der Waals surface area contributed by atoms with Crippen LogP contribution in [0.1, 0.15) is 41.6 Å². The predicted molar refractivity (Wildman–Crippen MR) is 160 cm³/mol. The van der Waals surface area contributed by atoms with Gasteiger partial charge in [0.15, 0.2) is 4.80 Å². The third-order valence-corrected chi connectivity index (χ3v) is 8.12. The average Bonchev–Trinajstić information content (AvgIpc) is 3.59. The molecule has 6 rings (SSSR count). The Morgan fingerprint density at radius 2 is 1.76 bits per heavy atom. The molecule has 0 saturated carbocycles. The van der Waals surface area contributed by atoms with Gasteiger partial charge in [0.2, 0.25) is 0 Å². The Morgan fingerprint density at radius 1 is 1.00 bits per heavy atom. The molecular formula is C33H26N2O6S. The van der Waals surface area contributed by atoms with Crippen molar-refractivity contribution in [3.05, 3.63) is 127 Å². The number of carbonyl (C=O) groups is 2. The number of furan rings is 1. The van der Waals surface area contributed by atoms with Crippen molar-refractivity contribution in [2.45, 2.75) is 19.9 Å². The minimum absolute atomic E-state index is 0.197. The Balaban J connectivity index is 1.51. The first-order valence-electron chi connectivity index (χ1n) is 13.4. The quantitative estimate of drug-likeness (QED) is 0.263. The summed E-state index contributed by atoms with van der Waals surface area (Å²) in [5, 5.41) is 1.92. The van der Waals surface area contributed by atoms with Crippen LogP contribution in [-0.2, 0) is 14.3 Å². The van der Waals surface area contributed by atoms with Gasteiger partial charge in [0.25, 0.3) is 5.56 Å². The van der Waals surface area contributed by atoms with E-state index in [4.69, 9.17) is 13.9 Å². The number of ether oxygens (including phenoxy) is 2. The van der Waals surface area contributed by atoms with Crippen molar-refractivity contribution in [3.8, 4) is 11.3 Å². The summed E-state index contributed by atoms with van der Waals surface area (Å²) in [5.74, 6) is -0.0916. The number of allylic oxidation sites excluding steroid dienone is 1. The van der Waals surface area contributed by atoms with Crippen molar-refractivity contribution >= 4 is 40.1 Å². The lowest BCUT2D eigenvalue weighted by Crippen LogP contribution is -2.40. The normalized spacial score (nSPS) is 14.9. The third-order valence-electron chi connectivity index (χ3n) is 7.13. The van der Waals surface area contributed by atoms with Gasteiger partial charge in [-0.1, -0.05) is 72.0 Å². The fraction of sp³-hybridized carbons (Fsp3) is 0.152. The largest absolute Gasteiger partial charge is 0.465 e. The number of aromatic nitrogens is 1. The Kier molecular flexibility index (Phi) is 7.18. The number of esters is 2. The van der Waals surface area contributed by atoms with Gasteiger partial charge in [0.05, 0.1) is 41.1 Å². The van der Waals surface area contributed by atoms with Crippen molar-refractivity contribution in [2.24, 2.45) is 4.99 Å². The van der Waals surface area contributed by atoms with Crippen molar-refractivity contribution in [1.82, 2.24) is 4.57 Å². The van der Waals surface area contributed by atoms with Gasteiger partial charge < -0.3 is 13.9 Å². The second kappa shape index (κ2) is 11.1. The molecule has 5 aromatic rings. The van der Waals surface area contributed by atoms with Crippen LogP contribution in [0.5, 0.6) is 0 Å². The second-order valence-electron chi connectivity index (χ2n) is 9.61. The molecule has 3 aromatic carbocycles. The first-order chi connectivity index (χ1) is 20.4. The van der Waals surface area contributed by atoms with Crippen molar-refractivity contribution < 1.29 is 23.5 Å². The zero-order chi connectivity index (χ0) is 29.4. The maximum atomic E-state index is 14.0. The molecule has 0 spiro atoms. The predicted octanol–water partition coefficient (Wildman–Crippen LogP) is 5.00. The fourth-order valence-electron chi connectivity index (χ4n) is 5.26. The number of benzene rings is 3. The van der Waals surface area contributed by atoms with Crippen molar-refractivity contribution in [3.63, 3.8) is 0 Å². The Bertz CT molecular complexity index is 2080. The molecule has 210 valence electrons. The molecule has 0 fully saturated rings. The molecule has 0 saturated heterocycles. The van der Waals surface area contributed by atoms with Crippen LogP contribution in [0.2, 0.25) is 0 Å². The van der Waals surface area contributed by atoms with Crippen LogP contribution in [0.15, 0.2) is 104 Å². The van der Waals surface area contributed by atoms with Gasteiger partial charge in [-0.2, -0.15) is 0 Å². The maximum absolute atomic E-state index is 14.0. The van der Waals surface area contributed by atoms with Crippen LogP contribution < -0.4 is 14.9 Å². The zero-order valence-electron chi connectivity index (χ0n) is 23.1. The summed E-state index contributed by atoms with van der Waals surface area (Å²) in [5.41, 5.74) is 2.27. The van der Waals surface area contributed by atoms with E-state index < -0.39 is 18.0 Å². The molecule has 1 aliphatic heterocycles. The number of hydrogen-bond donors (Lipinski definition) is 0. The molecule has 42 heavy (non-hydrogen) atoms. The fourth-order valence-corrected chi connectivity index (χ4v) is 6.29. The molecule has 0 amide bonds. The van der Waals surface area contributed by atoms with Crippen molar-refractivity contribution in [2.75, 3.05) is 13.7 Å². The number of thiazole rings is 1. The number of rotatable bonds is 6. The van der Waals surface area contributed by atoms with E-state index >= 15 is 0 Å². The molecule has 0 bridgehead atoms. The minimum Gasteiger partial charge on any atom is -0.465 e. The van der Waals surface area contributed by atoms with Gasteiger partial charge in [-0.05, 0) is 48.4 Å². The van der Waals surface area contributed by atoms with Crippen LogP contribution in [-0.4, -0.2) is 30.2 Å². The molecule has 0 aliphatic carbocycles. The molecule has 1 aliphatic rings.